The maximum Gasteiger partial charge on any atom is 0.335 e. The van der Waals surface area contributed by atoms with Crippen molar-refractivity contribution in [3.8, 4) is 17.2 Å². The van der Waals surface area contributed by atoms with Crippen LogP contribution in [0, 0.1) is 0 Å². The fourth-order valence-corrected chi connectivity index (χ4v) is 5.10. The van der Waals surface area contributed by atoms with E-state index in [0.29, 0.717) is 28.0 Å². The van der Waals surface area contributed by atoms with E-state index in [2.05, 4.69) is 21.2 Å². The summed E-state index contributed by atoms with van der Waals surface area (Å²) >= 11 is 22.0. The van der Waals surface area contributed by atoms with Crippen LogP contribution in [0.2, 0.25) is 15.1 Å². The van der Waals surface area contributed by atoms with Gasteiger partial charge in [-0.1, -0.05) is 68.9 Å². The van der Waals surface area contributed by atoms with Gasteiger partial charge in [-0.25, -0.2) is 9.69 Å². The first-order valence-electron chi connectivity index (χ1n) is 13.0. The molecule has 1 aliphatic rings. The lowest BCUT2D eigenvalue weighted by Crippen LogP contribution is -2.54. The largest absolute Gasteiger partial charge is 0.493 e. The fourth-order valence-electron chi connectivity index (χ4n) is 4.25. The van der Waals surface area contributed by atoms with Crippen LogP contribution in [0.4, 0.5) is 10.5 Å². The Labute approximate surface area is 276 Å². The van der Waals surface area contributed by atoms with E-state index < -0.39 is 17.8 Å². The summed E-state index contributed by atoms with van der Waals surface area (Å²) in [5.41, 5.74) is 2.07. The van der Waals surface area contributed by atoms with Gasteiger partial charge in [0.1, 0.15) is 24.5 Å². The topological polar surface area (TPSA) is 94.2 Å². The second-order valence-corrected chi connectivity index (χ2v) is 11.6. The number of hydrogen-bond donors (Lipinski definition) is 1. The number of methoxy groups -OCH3 is 1. The second-order valence-electron chi connectivity index (χ2n) is 9.44. The van der Waals surface area contributed by atoms with E-state index in [0.717, 1.165) is 20.5 Å². The van der Waals surface area contributed by atoms with Crippen LogP contribution < -0.4 is 24.4 Å². The van der Waals surface area contributed by atoms with E-state index in [1.54, 1.807) is 48.5 Å². The van der Waals surface area contributed by atoms with E-state index in [1.165, 1.54) is 19.3 Å². The molecule has 0 bridgehead atoms. The minimum absolute atomic E-state index is 0.124. The summed E-state index contributed by atoms with van der Waals surface area (Å²) < 4.78 is 18.1. The van der Waals surface area contributed by atoms with Crippen LogP contribution in [0.25, 0.3) is 6.08 Å². The van der Waals surface area contributed by atoms with Crippen molar-refractivity contribution in [1.82, 2.24) is 5.32 Å². The summed E-state index contributed by atoms with van der Waals surface area (Å²) in [4.78, 5) is 39.7. The quantitative estimate of drug-likeness (QED) is 0.139. The van der Waals surface area contributed by atoms with Gasteiger partial charge in [-0.3, -0.25) is 14.9 Å². The molecule has 8 nitrogen and oxygen atoms in total. The average Bonchev–Trinajstić information content (AvgIpc) is 3.00. The summed E-state index contributed by atoms with van der Waals surface area (Å²) in [6, 6.07) is 21.4. The molecule has 0 aromatic heterocycles. The van der Waals surface area contributed by atoms with Crippen molar-refractivity contribution >= 4 is 80.3 Å². The van der Waals surface area contributed by atoms with Gasteiger partial charge >= 0.3 is 6.03 Å². The molecule has 224 valence electrons. The van der Waals surface area contributed by atoms with Crippen LogP contribution in [0.3, 0.4) is 0 Å². The molecular weight excluding hydrogens is 695 g/mol. The summed E-state index contributed by atoms with van der Waals surface area (Å²) in [6.07, 6.45) is 1.32. The molecule has 0 atom stereocenters. The third kappa shape index (κ3) is 7.19. The fraction of sp³-hybridized carbons (Fsp3) is 0.0938. The highest BCUT2D eigenvalue weighted by Gasteiger charge is 2.37. The zero-order valence-corrected chi connectivity index (χ0v) is 26.8. The third-order valence-corrected chi connectivity index (χ3v) is 7.99. The number of benzene rings is 4. The van der Waals surface area contributed by atoms with Gasteiger partial charge in [-0.05, 0) is 83.4 Å². The number of hydrogen-bond acceptors (Lipinski definition) is 6. The molecule has 0 radical (unpaired) electrons. The Kier molecular flexibility index (Phi) is 9.80. The molecule has 0 aliphatic carbocycles. The summed E-state index contributed by atoms with van der Waals surface area (Å²) in [6.45, 7) is 0.460. The monoisotopic (exact) mass is 714 g/mol. The SMILES string of the molecule is COc1cc(/C=C2\C(=O)NC(=O)N(c3ccc(OCc4ccc(Br)cc4)cc3)C2=O)cc(Cl)c1OCc1ccc(Cl)c(Cl)c1. The second kappa shape index (κ2) is 13.7. The Balaban J connectivity index is 1.33. The zero-order valence-electron chi connectivity index (χ0n) is 22.9. The Morgan fingerprint density at radius 3 is 2.16 bits per heavy atom. The van der Waals surface area contributed by atoms with Crippen molar-refractivity contribution < 1.29 is 28.6 Å². The first-order chi connectivity index (χ1) is 21.1. The van der Waals surface area contributed by atoms with Crippen molar-refractivity contribution in [2.75, 3.05) is 12.0 Å². The van der Waals surface area contributed by atoms with Gasteiger partial charge in [0.2, 0.25) is 0 Å². The lowest BCUT2D eigenvalue weighted by molar-refractivity contribution is -0.122. The number of carbonyl (C=O) groups excluding carboxylic acids is 3. The molecule has 5 rings (SSSR count). The van der Waals surface area contributed by atoms with Gasteiger partial charge in [0, 0.05) is 4.47 Å². The zero-order chi connectivity index (χ0) is 31.4. The van der Waals surface area contributed by atoms with Crippen LogP contribution in [-0.4, -0.2) is 25.0 Å². The number of ether oxygens (including phenoxy) is 3. The number of imide groups is 2. The number of rotatable bonds is 9. The Bertz CT molecular complexity index is 1780. The van der Waals surface area contributed by atoms with Crippen LogP contribution >= 0.6 is 50.7 Å². The van der Waals surface area contributed by atoms with Gasteiger partial charge in [0.15, 0.2) is 11.5 Å². The molecule has 4 aromatic rings. The lowest BCUT2D eigenvalue weighted by atomic mass is 10.1. The number of carbonyl (C=O) groups is 3. The number of barbiturate groups is 1. The lowest BCUT2D eigenvalue weighted by Gasteiger charge is -2.26. The molecule has 0 unspecified atom stereocenters. The molecular formula is C32H22BrCl3N2O6. The number of anilines is 1. The molecule has 12 heteroatoms. The van der Waals surface area contributed by atoms with E-state index >= 15 is 0 Å². The van der Waals surface area contributed by atoms with Crippen LogP contribution in [0.1, 0.15) is 16.7 Å². The Morgan fingerprint density at radius 2 is 1.48 bits per heavy atom. The van der Waals surface area contributed by atoms with Gasteiger partial charge in [0.25, 0.3) is 11.8 Å². The highest BCUT2D eigenvalue weighted by molar-refractivity contribution is 9.10. The Morgan fingerprint density at radius 1 is 0.795 bits per heavy atom. The predicted octanol–water partition coefficient (Wildman–Crippen LogP) is 8.24. The number of amides is 4. The van der Waals surface area contributed by atoms with Gasteiger partial charge < -0.3 is 14.2 Å². The van der Waals surface area contributed by atoms with Crippen molar-refractivity contribution in [2.45, 2.75) is 13.2 Å². The predicted molar refractivity (Wildman–Crippen MR) is 173 cm³/mol. The van der Waals surface area contributed by atoms with Crippen molar-refractivity contribution in [3.05, 3.63) is 121 Å². The first-order valence-corrected chi connectivity index (χ1v) is 14.9. The summed E-state index contributed by atoms with van der Waals surface area (Å²) in [5.74, 6) is -0.601. The molecule has 4 aromatic carbocycles. The molecule has 1 saturated heterocycles. The van der Waals surface area contributed by atoms with Crippen molar-refractivity contribution in [2.24, 2.45) is 0 Å². The van der Waals surface area contributed by atoms with E-state index in [4.69, 9.17) is 49.0 Å². The maximum atomic E-state index is 13.4. The molecule has 1 N–H and O–H groups in total. The highest BCUT2D eigenvalue weighted by Crippen LogP contribution is 2.38. The average molecular weight is 717 g/mol. The minimum atomic E-state index is -0.873. The Hall–Kier alpha value is -4.02. The number of halogens is 4. The molecule has 0 saturated carbocycles. The third-order valence-electron chi connectivity index (χ3n) is 6.45. The van der Waals surface area contributed by atoms with E-state index in [1.807, 2.05) is 24.3 Å². The smallest absolute Gasteiger partial charge is 0.335 e. The summed E-state index contributed by atoms with van der Waals surface area (Å²) in [7, 11) is 1.43. The molecule has 1 fully saturated rings. The van der Waals surface area contributed by atoms with Crippen LogP contribution in [0.15, 0.2) is 88.9 Å². The van der Waals surface area contributed by atoms with Crippen molar-refractivity contribution in [1.29, 1.82) is 0 Å². The standard InChI is InChI=1S/C32H22BrCl3N2O6/c1-42-28-15-20(14-27(36)29(28)44-17-19-4-11-25(34)26(35)13-19)12-24-30(39)37-32(41)38(31(24)40)22-7-9-23(10-8-22)43-16-18-2-5-21(33)6-3-18/h2-15H,16-17H2,1H3,(H,37,39,41)/b24-12+. The molecule has 1 heterocycles. The van der Waals surface area contributed by atoms with Crippen molar-refractivity contribution in [3.63, 3.8) is 0 Å². The van der Waals surface area contributed by atoms with Crippen LogP contribution in [0.5, 0.6) is 17.2 Å². The van der Waals surface area contributed by atoms with E-state index in [-0.39, 0.29) is 34.4 Å². The highest BCUT2D eigenvalue weighted by atomic mass is 79.9. The van der Waals surface area contributed by atoms with Crippen LogP contribution in [-0.2, 0) is 22.8 Å². The number of nitrogens with zero attached hydrogens (tertiary/aromatic N) is 1. The van der Waals surface area contributed by atoms with Gasteiger partial charge in [-0.15, -0.1) is 0 Å². The molecule has 44 heavy (non-hydrogen) atoms. The molecule has 4 amide bonds. The maximum absolute atomic E-state index is 13.4. The van der Waals surface area contributed by atoms with Gasteiger partial charge in [0.05, 0.1) is 27.9 Å². The van der Waals surface area contributed by atoms with Gasteiger partial charge in [-0.2, -0.15) is 0 Å². The molecule has 1 aliphatic heterocycles. The van der Waals surface area contributed by atoms with E-state index in [9.17, 15) is 14.4 Å². The normalized spacial score (nSPS) is 14.1. The number of nitrogens with one attached hydrogen (secondary N) is 1. The minimum Gasteiger partial charge on any atom is -0.493 e. The summed E-state index contributed by atoms with van der Waals surface area (Å²) in [5, 5.41) is 3.19. The number of urea groups is 1. The molecule has 0 spiro atoms. The first kappa shape index (κ1) is 31.4.